The Morgan fingerprint density at radius 3 is 3.00 bits per heavy atom. The lowest BCUT2D eigenvalue weighted by Crippen LogP contribution is -2.11. The van der Waals surface area contributed by atoms with Crippen molar-refractivity contribution in [2.24, 2.45) is 5.10 Å². The predicted molar refractivity (Wildman–Crippen MR) is 51.1 cm³/mol. The van der Waals surface area contributed by atoms with Crippen molar-refractivity contribution in [3.63, 3.8) is 0 Å². The first kappa shape index (κ1) is 7.93. The molecule has 0 spiro atoms. The number of nitrogens with one attached hydrogen (secondary N) is 1. The molecule has 0 atom stereocenters. The van der Waals surface area contributed by atoms with E-state index in [4.69, 9.17) is 5.73 Å². The summed E-state index contributed by atoms with van der Waals surface area (Å²) in [6, 6.07) is 0. The van der Waals surface area contributed by atoms with Crippen LogP contribution in [0.3, 0.4) is 0 Å². The van der Waals surface area contributed by atoms with Gasteiger partial charge in [0.1, 0.15) is 0 Å². The molecule has 0 aromatic carbocycles. The van der Waals surface area contributed by atoms with Crippen LogP contribution in [0.5, 0.6) is 0 Å². The normalized spacial score (nSPS) is 18.2. The Labute approximate surface area is 78.0 Å². The van der Waals surface area contributed by atoms with Crippen LogP contribution in [0.15, 0.2) is 16.9 Å². The zero-order valence-corrected chi connectivity index (χ0v) is 7.34. The number of nitrogens with zero attached hydrogens (tertiary/aromatic N) is 2. The highest BCUT2D eigenvalue weighted by Gasteiger charge is 2.11. The summed E-state index contributed by atoms with van der Waals surface area (Å²) >= 11 is 1.33. The van der Waals surface area contributed by atoms with E-state index in [2.05, 4.69) is 15.5 Å². The molecule has 3 N–H and O–H groups in total. The highest BCUT2D eigenvalue weighted by atomic mass is 32.1. The fraction of sp³-hybridized carbons (Fsp3) is 0. The Morgan fingerprint density at radius 1 is 1.62 bits per heavy atom. The smallest absolute Gasteiger partial charge is 0.273 e. The predicted octanol–water partition coefficient (Wildman–Crippen LogP) is 0.224. The number of rotatable bonds is 1. The summed E-state index contributed by atoms with van der Waals surface area (Å²) in [5.74, 6) is -0.202. The molecule has 6 heteroatoms. The van der Waals surface area contributed by atoms with E-state index in [-0.39, 0.29) is 5.91 Å². The van der Waals surface area contributed by atoms with E-state index in [1.807, 2.05) is 0 Å². The zero-order valence-electron chi connectivity index (χ0n) is 6.52. The molecule has 2 rings (SSSR count). The van der Waals surface area contributed by atoms with Gasteiger partial charge in [0.15, 0.2) is 5.13 Å². The third-order valence-electron chi connectivity index (χ3n) is 1.47. The molecule has 0 fully saturated rings. The van der Waals surface area contributed by atoms with Crippen molar-refractivity contribution in [2.75, 3.05) is 5.73 Å². The fourth-order valence-electron chi connectivity index (χ4n) is 0.907. The lowest BCUT2D eigenvalue weighted by Gasteiger charge is -1.87. The molecule has 66 valence electrons. The maximum Gasteiger partial charge on any atom is 0.273 e. The quantitative estimate of drug-likeness (QED) is 0.628. The number of carbonyl (C=O) groups is 1. The van der Waals surface area contributed by atoms with Crippen LogP contribution < -0.4 is 11.2 Å². The largest absolute Gasteiger partial charge is 0.375 e. The van der Waals surface area contributed by atoms with Gasteiger partial charge in [0.2, 0.25) is 0 Å². The average Bonchev–Trinajstić information content (AvgIpc) is 2.64. The first-order chi connectivity index (χ1) is 6.25. The van der Waals surface area contributed by atoms with Gasteiger partial charge in [-0.25, -0.2) is 10.4 Å². The highest BCUT2D eigenvalue weighted by Crippen LogP contribution is 2.17. The van der Waals surface area contributed by atoms with E-state index in [1.165, 1.54) is 17.6 Å². The minimum absolute atomic E-state index is 0.202. The second-order valence-electron chi connectivity index (χ2n) is 2.40. The van der Waals surface area contributed by atoms with Gasteiger partial charge in [-0.05, 0) is 6.08 Å². The molecule has 0 radical (unpaired) electrons. The van der Waals surface area contributed by atoms with E-state index in [0.29, 0.717) is 10.7 Å². The van der Waals surface area contributed by atoms with Gasteiger partial charge in [0, 0.05) is 11.1 Å². The van der Waals surface area contributed by atoms with Crippen molar-refractivity contribution in [3.05, 3.63) is 16.6 Å². The van der Waals surface area contributed by atoms with Crippen LogP contribution in [0.2, 0.25) is 0 Å². The number of anilines is 1. The first-order valence-corrected chi connectivity index (χ1v) is 4.34. The molecule has 1 aliphatic heterocycles. The molecule has 1 aromatic rings. The number of carbonyl (C=O) groups excluding carboxylic acids is 1. The summed E-state index contributed by atoms with van der Waals surface area (Å²) in [4.78, 5) is 15.7. The van der Waals surface area contributed by atoms with Crippen LogP contribution >= 0.6 is 11.3 Å². The zero-order chi connectivity index (χ0) is 9.26. The van der Waals surface area contributed by atoms with Crippen LogP contribution in [-0.2, 0) is 4.79 Å². The molecule has 1 aromatic heterocycles. The van der Waals surface area contributed by atoms with Crippen molar-refractivity contribution < 1.29 is 4.79 Å². The number of nitrogens with two attached hydrogens (primary N) is 1. The minimum Gasteiger partial charge on any atom is -0.375 e. The maximum atomic E-state index is 11.0. The molecular formula is C7H6N4OS. The van der Waals surface area contributed by atoms with Crippen molar-refractivity contribution in [3.8, 4) is 0 Å². The van der Waals surface area contributed by atoms with Crippen molar-refractivity contribution in [1.29, 1.82) is 0 Å². The molecule has 13 heavy (non-hydrogen) atoms. The number of hydrogen-bond donors (Lipinski definition) is 2. The molecule has 1 aliphatic rings. The van der Waals surface area contributed by atoms with Crippen LogP contribution in [0.4, 0.5) is 5.13 Å². The lowest BCUT2D eigenvalue weighted by molar-refractivity contribution is -0.116. The third-order valence-corrected chi connectivity index (χ3v) is 2.24. The second-order valence-corrected chi connectivity index (χ2v) is 3.49. The van der Waals surface area contributed by atoms with E-state index in [0.717, 1.165) is 4.88 Å². The molecule has 0 bridgehead atoms. The van der Waals surface area contributed by atoms with Crippen LogP contribution in [0.25, 0.3) is 6.08 Å². The lowest BCUT2D eigenvalue weighted by atomic mass is 10.2. The Kier molecular flexibility index (Phi) is 1.82. The molecule has 0 aliphatic carbocycles. The summed E-state index contributed by atoms with van der Waals surface area (Å²) in [7, 11) is 0. The van der Waals surface area contributed by atoms with E-state index < -0.39 is 0 Å². The van der Waals surface area contributed by atoms with E-state index in [9.17, 15) is 4.79 Å². The molecule has 2 heterocycles. The van der Waals surface area contributed by atoms with Gasteiger partial charge in [-0.3, -0.25) is 4.79 Å². The van der Waals surface area contributed by atoms with Gasteiger partial charge in [0.25, 0.3) is 5.91 Å². The Balaban J connectivity index is 2.29. The Morgan fingerprint density at radius 2 is 2.46 bits per heavy atom. The van der Waals surface area contributed by atoms with Gasteiger partial charge >= 0.3 is 0 Å². The number of hydrazone groups is 1. The molecule has 0 unspecified atom stereocenters. The monoisotopic (exact) mass is 194 g/mol. The first-order valence-electron chi connectivity index (χ1n) is 3.52. The molecular weight excluding hydrogens is 188 g/mol. The number of amides is 1. The fourth-order valence-corrected chi connectivity index (χ4v) is 1.55. The van der Waals surface area contributed by atoms with Gasteiger partial charge in [-0.2, -0.15) is 5.10 Å². The van der Waals surface area contributed by atoms with Gasteiger partial charge in [-0.1, -0.05) is 11.3 Å². The Bertz CT molecular complexity index is 406. The average molecular weight is 194 g/mol. The summed E-state index contributed by atoms with van der Waals surface area (Å²) in [6.45, 7) is 0. The number of aromatic nitrogens is 1. The van der Waals surface area contributed by atoms with Gasteiger partial charge < -0.3 is 5.73 Å². The molecule has 0 saturated heterocycles. The van der Waals surface area contributed by atoms with Crippen LogP contribution in [0, 0.1) is 0 Å². The summed E-state index contributed by atoms with van der Waals surface area (Å²) in [6.07, 6.45) is 4.78. The number of thiazole rings is 1. The molecule has 0 saturated carbocycles. The van der Waals surface area contributed by atoms with Gasteiger partial charge in [-0.15, -0.1) is 0 Å². The Hall–Kier alpha value is -1.69. The SMILES string of the molecule is Nc1ncc(/C=C2\C=NNC2=O)s1. The summed E-state index contributed by atoms with van der Waals surface area (Å²) < 4.78 is 0. The second kappa shape index (κ2) is 2.98. The standard InChI is InChI=1S/C7H6N4OS/c8-7-9-3-5(13-7)1-4-2-10-11-6(4)12/h1-3H,(H2,8,9)(H,11,12)/b4-1+. The number of nitrogen functional groups attached to an aromatic ring is 1. The van der Waals surface area contributed by atoms with Crippen molar-refractivity contribution >= 4 is 34.7 Å². The minimum atomic E-state index is -0.202. The van der Waals surface area contributed by atoms with Gasteiger partial charge in [0.05, 0.1) is 11.8 Å². The molecule has 5 nitrogen and oxygen atoms in total. The maximum absolute atomic E-state index is 11.0. The topological polar surface area (TPSA) is 80.4 Å². The van der Waals surface area contributed by atoms with Crippen molar-refractivity contribution in [2.45, 2.75) is 0 Å². The van der Waals surface area contributed by atoms with Crippen molar-refractivity contribution in [1.82, 2.24) is 10.4 Å². The summed E-state index contributed by atoms with van der Waals surface area (Å²) in [5.41, 5.74) is 8.26. The highest BCUT2D eigenvalue weighted by molar-refractivity contribution is 7.16. The van der Waals surface area contributed by atoms with Crippen LogP contribution in [0.1, 0.15) is 4.88 Å². The molecule has 1 amide bonds. The van der Waals surface area contributed by atoms with E-state index in [1.54, 1.807) is 12.3 Å². The number of hydrogen-bond acceptors (Lipinski definition) is 5. The van der Waals surface area contributed by atoms with Crippen LogP contribution in [-0.4, -0.2) is 17.1 Å². The van der Waals surface area contributed by atoms with E-state index >= 15 is 0 Å². The third kappa shape index (κ3) is 1.57. The summed E-state index contributed by atoms with van der Waals surface area (Å²) in [5, 5.41) is 4.10.